The summed E-state index contributed by atoms with van der Waals surface area (Å²) in [6.07, 6.45) is 0. The second-order valence-electron chi connectivity index (χ2n) is 4.06. The minimum atomic E-state index is -0.994. The monoisotopic (exact) mass is 255 g/mol. The third-order valence-electron chi connectivity index (χ3n) is 2.61. The van der Waals surface area contributed by atoms with Gasteiger partial charge in [-0.1, -0.05) is 6.92 Å². The summed E-state index contributed by atoms with van der Waals surface area (Å²) in [4.78, 5) is 21.2. The fraction of sp³-hybridized carbons (Fsp3) is 0.364. The summed E-state index contributed by atoms with van der Waals surface area (Å²) in [6, 6.07) is 2.84. The lowest BCUT2D eigenvalue weighted by molar-refractivity contribution is -0.387. The first-order valence-electron chi connectivity index (χ1n) is 5.33. The van der Waals surface area contributed by atoms with Crippen LogP contribution in [-0.2, 0) is 4.79 Å². The van der Waals surface area contributed by atoms with Crippen molar-refractivity contribution in [2.24, 2.45) is 11.7 Å². The maximum absolute atomic E-state index is 13.3. The smallest absolute Gasteiger partial charge is 0.304 e. The van der Waals surface area contributed by atoms with E-state index in [4.69, 9.17) is 5.73 Å². The Hall–Kier alpha value is -2.02. The third-order valence-corrected chi connectivity index (χ3v) is 2.61. The van der Waals surface area contributed by atoms with Gasteiger partial charge in [-0.05, 0) is 13.0 Å². The van der Waals surface area contributed by atoms with Crippen LogP contribution in [0.15, 0.2) is 18.2 Å². The number of anilines is 1. The van der Waals surface area contributed by atoms with Gasteiger partial charge in [0.15, 0.2) is 0 Å². The van der Waals surface area contributed by atoms with E-state index in [0.29, 0.717) is 0 Å². The van der Waals surface area contributed by atoms with Crippen LogP contribution >= 0.6 is 0 Å². The molecule has 0 aliphatic rings. The summed E-state index contributed by atoms with van der Waals surface area (Å²) in [5.41, 5.74) is 5.09. The van der Waals surface area contributed by atoms with Gasteiger partial charge in [-0.15, -0.1) is 0 Å². The first-order valence-corrected chi connectivity index (χ1v) is 5.33. The molecule has 2 atom stereocenters. The van der Waals surface area contributed by atoms with Crippen LogP contribution in [-0.4, -0.2) is 16.9 Å². The topological polar surface area (TPSA) is 98.3 Å². The van der Waals surface area contributed by atoms with Gasteiger partial charge < -0.3 is 11.1 Å². The summed E-state index contributed by atoms with van der Waals surface area (Å²) in [6.45, 7) is 3.32. The number of nitrogens with one attached hydrogen (secondary N) is 1. The van der Waals surface area contributed by atoms with E-state index in [0.717, 1.165) is 12.1 Å². The second kappa shape index (κ2) is 5.54. The van der Waals surface area contributed by atoms with Crippen LogP contribution in [0.2, 0.25) is 0 Å². The van der Waals surface area contributed by atoms with E-state index in [1.54, 1.807) is 13.8 Å². The van der Waals surface area contributed by atoms with E-state index in [1.807, 2.05) is 0 Å². The summed E-state index contributed by atoms with van der Waals surface area (Å²) < 4.78 is 13.3. The molecule has 0 aromatic heterocycles. The van der Waals surface area contributed by atoms with Gasteiger partial charge in [0.2, 0.25) is 11.7 Å². The number of benzene rings is 1. The average Bonchev–Trinajstić information content (AvgIpc) is 2.27. The van der Waals surface area contributed by atoms with E-state index >= 15 is 0 Å². The number of carbonyl (C=O) groups excluding carboxylic acids is 1. The molecule has 2 unspecified atom stereocenters. The molecule has 1 aromatic carbocycles. The van der Waals surface area contributed by atoms with Gasteiger partial charge in [0.25, 0.3) is 0 Å². The predicted octanol–water partition coefficient (Wildman–Crippen LogP) is 1.66. The lowest BCUT2D eigenvalue weighted by Gasteiger charge is -2.15. The average molecular weight is 255 g/mol. The third kappa shape index (κ3) is 3.24. The molecule has 1 aromatic rings. The van der Waals surface area contributed by atoms with Gasteiger partial charge in [-0.2, -0.15) is 4.39 Å². The highest BCUT2D eigenvalue weighted by Crippen LogP contribution is 2.21. The number of nitrogens with two attached hydrogens (primary N) is 1. The molecule has 7 heteroatoms. The van der Waals surface area contributed by atoms with Crippen molar-refractivity contribution >= 4 is 17.3 Å². The van der Waals surface area contributed by atoms with Crippen molar-refractivity contribution in [2.75, 3.05) is 5.32 Å². The first kappa shape index (κ1) is 14.0. The zero-order valence-electron chi connectivity index (χ0n) is 10.0. The summed E-state index contributed by atoms with van der Waals surface area (Å²) in [5.74, 6) is -1.80. The lowest BCUT2D eigenvalue weighted by atomic mass is 10.0. The van der Waals surface area contributed by atoms with Gasteiger partial charge in [0, 0.05) is 23.9 Å². The molecule has 1 rings (SSSR count). The molecule has 0 saturated carbocycles. The van der Waals surface area contributed by atoms with Crippen LogP contribution in [0.5, 0.6) is 0 Å². The van der Waals surface area contributed by atoms with Crippen LogP contribution in [0.4, 0.5) is 15.8 Å². The molecule has 0 aliphatic heterocycles. The molecule has 6 nitrogen and oxygen atoms in total. The number of hydrogen-bond acceptors (Lipinski definition) is 4. The molecule has 1 amide bonds. The quantitative estimate of drug-likeness (QED) is 0.631. The molecule has 0 radical (unpaired) electrons. The van der Waals surface area contributed by atoms with E-state index in [9.17, 15) is 19.3 Å². The van der Waals surface area contributed by atoms with Crippen LogP contribution < -0.4 is 11.1 Å². The lowest BCUT2D eigenvalue weighted by Crippen LogP contribution is -2.34. The molecule has 3 N–H and O–H groups in total. The molecule has 0 heterocycles. The Balaban J connectivity index is 2.84. The Morgan fingerprint density at radius 2 is 2.11 bits per heavy atom. The van der Waals surface area contributed by atoms with Crippen molar-refractivity contribution in [3.63, 3.8) is 0 Å². The number of nitro benzene ring substituents is 1. The maximum Gasteiger partial charge on any atom is 0.304 e. The molecule has 0 bridgehead atoms. The molecule has 0 fully saturated rings. The van der Waals surface area contributed by atoms with E-state index in [1.165, 1.54) is 6.07 Å². The minimum Gasteiger partial charge on any atom is -0.327 e. The highest BCUT2D eigenvalue weighted by atomic mass is 19.1. The maximum atomic E-state index is 13.3. The fourth-order valence-corrected chi connectivity index (χ4v) is 1.23. The van der Waals surface area contributed by atoms with E-state index in [-0.39, 0.29) is 17.6 Å². The van der Waals surface area contributed by atoms with Gasteiger partial charge >= 0.3 is 5.69 Å². The molecule has 0 saturated heterocycles. The number of carbonyl (C=O) groups is 1. The van der Waals surface area contributed by atoms with E-state index in [2.05, 4.69) is 5.32 Å². The Morgan fingerprint density at radius 3 is 2.56 bits per heavy atom. The SMILES string of the molecule is CC(N)C(C)C(=O)Nc1ccc([N+](=O)[O-])c(F)c1. The molecular formula is C11H14FN3O3. The van der Waals surface area contributed by atoms with Gasteiger partial charge in [0.1, 0.15) is 0 Å². The minimum absolute atomic E-state index is 0.163. The zero-order chi connectivity index (χ0) is 13.9. The van der Waals surface area contributed by atoms with Crippen molar-refractivity contribution in [2.45, 2.75) is 19.9 Å². The normalized spacial score (nSPS) is 13.8. The van der Waals surface area contributed by atoms with Crippen molar-refractivity contribution in [3.8, 4) is 0 Å². The van der Waals surface area contributed by atoms with Crippen LogP contribution in [0.1, 0.15) is 13.8 Å². The standard InChI is InChI=1S/C11H14FN3O3/c1-6(7(2)13)11(16)14-8-3-4-10(15(17)18)9(12)5-8/h3-7H,13H2,1-2H3,(H,14,16). The highest BCUT2D eigenvalue weighted by Gasteiger charge is 2.19. The predicted molar refractivity (Wildman–Crippen MR) is 64.5 cm³/mol. The van der Waals surface area contributed by atoms with Crippen LogP contribution in [0, 0.1) is 21.8 Å². The molecule has 0 aliphatic carbocycles. The Bertz CT molecular complexity index is 477. The summed E-state index contributed by atoms with van der Waals surface area (Å²) >= 11 is 0. The second-order valence-corrected chi connectivity index (χ2v) is 4.06. The zero-order valence-corrected chi connectivity index (χ0v) is 10.0. The number of hydrogen-bond donors (Lipinski definition) is 2. The van der Waals surface area contributed by atoms with Crippen molar-refractivity contribution in [1.82, 2.24) is 0 Å². The number of nitrogens with zero attached hydrogens (tertiary/aromatic N) is 1. The Morgan fingerprint density at radius 1 is 1.50 bits per heavy atom. The van der Waals surface area contributed by atoms with Gasteiger partial charge in [-0.3, -0.25) is 14.9 Å². The number of rotatable bonds is 4. The van der Waals surface area contributed by atoms with Crippen molar-refractivity contribution in [1.29, 1.82) is 0 Å². The summed E-state index contributed by atoms with van der Waals surface area (Å²) in [7, 11) is 0. The van der Waals surface area contributed by atoms with Crippen LogP contribution in [0.3, 0.4) is 0 Å². The fourth-order valence-electron chi connectivity index (χ4n) is 1.23. The van der Waals surface area contributed by atoms with Gasteiger partial charge in [0.05, 0.1) is 10.8 Å². The largest absolute Gasteiger partial charge is 0.327 e. The Labute approximate surface area is 103 Å². The van der Waals surface area contributed by atoms with Crippen molar-refractivity contribution < 1.29 is 14.1 Å². The van der Waals surface area contributed by atoms with Crippen molar-refractivity contribution in [3.05, 3.63) is 34.1 Å². The van der Waals surface area contributed by atoms with E-state index < -0.39 is 22.3 Å². The number of nitro groups is 1. The first-order chi connectivity index (χ1) is 8.32. The summed E-state index contributed by atoms with van der Waals surface area (Å²) in [5, 5.41) is 12.9. The molecular weight excluding hydrogens is 241 g/mol. The number of halogens is 1. The molecule has 0 spiro atoms. The molecule has 18 heavy (non-hydrogen) atoms. The van der Waals surface area contributed by atoms with Gasteiger partial charge in [-0.25, -0.2) is 0 Å². The Kier molecular flexibility index (Phi) is 4.33. The number of amides is 1. The molecule has 98 valence electrons. The van der Waals surface area contributed by atoms with Crippen LogP contribution in [0.25, 0.3) is 0 Å². The highest BCUT2D eigenvalue weighted by molar-refractivity contribution is 5.92.